The Morgan fingerprint density at radius 2 is 1.80 bits per heavy atom. The van der Waals surface area contributed by atoms with Crippen molar-refractivity contribution < 1.29 is 18.7 Å². The largest absolute Gasteiger partial charge is 0.478 e. The van der Waals surface area contributed by atoms with Crippen LogP contribution in [0.2, 0.25) is 0 Å². The number of hydrogen-bond donors (Lipinski definition) is 0. The smallest absolute Gasteiger partial charge is 0.231 e. The minimum absolute atomic E-state index is 0.111. The first-order valence-electron chi connectivity index (χ1n) is 9.92. The number of carbonyl (C=O) groups excluding carboxylic acids is 1. The summed E-state index contributed by atoms with van der Waals surface area (Å²) in [6.45, 7) is 1.86. The molecule has 0 aliphatic carbocycles. The predicted octanol–water partition coefficient (Wildman–Crippen LogP) is 4.84. The van der Waals surface area contributed by atoms with Gasteiger partial charge in [-0.05, 0) is 47.9 Å². The second-order valence-corrected chi connectivity index (χ2v) is 7.47. The number of fused-ring (bicyclic) bond motifs is 3. The SMILES string of the molecule is O=C1/C(=C/c2ccccc2)Oc2c1ccc1c2CN(CCc2ccc(F)cc2)CO1. The van der Waals surface area contributed by atoms with Crippen molar-refractivity contribution in [2.24, 2.45) is 0 Å². The number of benzene rings is 3. The molecule has 0 atom stereocenters. The summed E-state index contributed by atoms with van der Waals surface area (Å²) in [6, 6.07) is 19.8. The Morgan fingerprint density at radius 3 is 2.60 bits per heavy atom. The number of Topliss-reactive ketones (excluding diaryl/α,β-unsaturated/α-hetero) is 1. The normalized spacial score (nSPS) is 16.7. The molecule has 2 heterocycles. The maximum atomic E-state index is 13.1. The van der Waals surface area contributed by atoms with E-state index < -0.39 is 0 Å². The molecule has 0 fully saturated rings. The van der Waals surface area contributed by atoms with E-state index in [1.54, 1.807) is 24.3 Å². The molecule has 0 radical (unpaired) electrons. The molecule has 0 aromatic heterocycles. The number of nitrogens with zero attached hydrogens (tertiary/aromatic N) is 1. The zero-order valence-corrected chi connectivity index (χ0v) is 16.3. The molecule has 5 rings (SSSR count). The van der Waals surface area contributed by atoms with Gasteiger partial charge in [0.15, 0.2) is 5.76 Å². The number of ether oxygens (including phenoxy) is 2. The highest BCUT2D eigenvalue weighted by Crippen LogP contribution is 2.42. The number of ketones is 1. The summed E-state index contributed by atoms with van der Waals surface area (Å²) in [7, 11) is 0. The van der Waals surface area contributed by atoms with Gasteiger partial charge in [0.25, 0.3) is 0 Å². The van der Waals surface area contributed by atoms with Gasteiger partial charge in [0.05, 0.1) is 11.1 Å². The van der Waals surface area contributed by atoms with E-state index in [-0.39, 0.29) is 11.6 Å². The van der Waals surface area contributed by atoms with E-state index in [9.17, 15) is 9.18 Å². The molecular formula is C25H20FNO3. The number of carbonyl (C=O) groups is 1. The Labute approximate surface area is 174 Å². The van der Waals surface area contributed by atoms with Crippen LogP contribution >= 0.6 is 0 Å². The Morgan fingerprint density at radius 1 is 1.00 bits per heavy atom. The van der Waals surface area contributed by atoms with E-state index in [4.69, 9.17) is 9.47 Å². The van der Waals surface area contributed by atoms with Crippen LogP contribution in [0, 0.1) is 5.82 Å². The van der Waals surface area contributed by atoms with Crippen LogP contribution in [0.15, 0.2) is 72.5 Å². The summed E-state index contributed by atoms with van der Waals surface area (Å²) in [6.07, 6.45) is 2.55. The van der Waals surface area contributed by atoms with Crippen LogP contribution in [0.3, 0.4) is 0 Å². The van der Waals surface area contributed by atoms with Gasteiger partial charge in [-0.3, -0.25) is 9.69 Å². The lowest BCUT2D eigenvalue weighted by Crippen LogP contribution is -2.33. The van der Waals surface area contributed by atoms with Crippen LogP contribution in [-0.4, -0.2) is 24.0 Å². The quantitative estimate of drug-likeness (QED) is 0.587. The van der Waals surface area contributed by atoms with Crippen LogP contribution < -0.4 is 9.47 Å². The number of halogens is 1. The van der Waals surface area contributed by atoms with Crippen molar-refractivity contribution in [3.63, 3.8) is 0 Å². The van der Waals surface area contributed by atoms with Crippen LogP contribution in [0.5, 0.6) is 11.5 Å². The lowest BCUT2D eigenvalue weighted by Gasteiger charge is -2.29. The second kappa shape index (κ2) is 7.76. The van der Waals surface area contributed by atoms with Gasteiger partial charge in [0, 0.05) is 13.1 Å². The van der Waals surface area contributed by atoms with E-state index in [1.165, 1.54) is 12.1 Å². The zero-order valence-electron chi connectivity index (χ0n) is 16.3. The molecule has 0 bridgehead atoms. The maximum Gasteiger partial charge on any atom is 0.231 e. The highest BCUT2D eigenvalue weighted by molar-refractivity contribution is 6.15. The minimum Gasteiger partial charge on any atom is -0.478 e. The van der Waals surface area contributed by atoms with Crippen LogP contribution in [0.25, 0.3) is 6.08 Å². The summed E-state index contributed by atoms with van der Waals surface area (Å²) in [5, 5.41) is 0. The molecule has 3 aromatic carbocycles. The Kier molecular flexibility index (Phi) is 4.81. The summed E-state index contributed by atoms with van der Waals surface area (Å²) in [4.78, 5) is 15.0. The van der Waals surface area contributed by atoms with Gasteiger partial charge in [0.1, 0.15) is 24.0 Å². The lowest BCUT2D eigenvalue weighted by molar-refractivity contribution is 0.0949. The van der Waals surface area contributed by atoms with Gasteiger partial charge in [0.2, 0.25) is 5.78 Å². The highest BCUT2D eigenvalue weighted by atomic mass is 19.1. The van der Waals surface area contributed by atoms with Crippen molar-refractivity contribution in [3.05, 3.63) is 101 Å². The van der Waals surface area contributed by atoms with E-state index in [0.29, 0.717) is 30.3 Å². The summed E-state index contributed by atoms with van der Waals surface area (Å²) in [5.74, 6) is 1.32. The fourth-order valence-electron chi connectivity index (χ4n) is 3.79. The monoisotopic (exact) mass is 401 g/mol. The maximum absolute atomic E-state index is 13.1. The number of allylic oxidation sites excluding steroid dienone is 1. The van der Waals surface area contributed by atoms with Crippen molar-refractivity contribution in [2.75, 3.05) is 13.3 Å². The topological polar surface area (TPSA) is 38.8 Å². The third-order valence-electron chi connectivity index (χ3n) is 5.41. The third kappa shape index (κ3) is 3.60. The van der Waals surface area contributed by atoms with Gasteiger partial charge < -0.3 is 9.47 Å². The molecule has 0 saturated heterocycles. The molecule has 0 saturated carbocycles. The van der Waals surface area contributed by atoms with Crippen molar-refractivity contribution >= 4 is 11.9 Å². The minimum atomic E-state index is -0.231. The first kappa shape index (κ1) is 18.6. The molecule has 0 spiro atoms. The van der Waals surface area contributed by atoms with E-state index in [2.05, 4.69) is 4.90 Å². The summed E-state index contributed by atoms with van der Waals surface area (Å²) in [5.41, 5.74) is 3.45. The Bertz CT molecular complexity index is 1120. The highest BCUT2D eigenvalue weighted by Gasteiger charge is 2.33. The number of hydrogen-bond acceptors (Lipinski definition) is 4. The zero-order chi connectivity index (χ0) is 20.5. The molecule has 0 unspecified atom stereocenters. The van der Waals surface area contributed by atoms with Crippen LogP contribution in [0.4, 0.5) is 4.39 Å². The molecule has 0 N–H and O–H groups in total. The van der Waals surface area contributed by atoms with Gasteiger partial charge in [-0.15, -0.1) is 0 Å². The molecule has 5 heteroatoms. The first-order valence-corrected chi connectivity index (χ1v) is 9.92. The summed E-state index contributed by atoms with van der Waals surface area (Å²) >= 11 is 0. The van der Waals surface area contributed by atoms with Crippen molar-refractivity contribution in [1.82, 2.24) is 4.90 Å². The molecule has 30 heavy (non-hydrogen) atoms. The third-order valence-corrected chi connectivity index (χ3v) is 5.41. The van der Waals surface area contributed by atoms with Crippen molar-refractivity contribution in [1.29, 1.82) is 0 Å². The lowest BCUT2D eigenvalue weighted by atomic mass is 10.0. The molecule has 2 aliphatic heterocycles. The molecule has 0 amide bonds. The van der Waals surface area contributed by atoms with Crippen molar-refractivity contribution in [3.8, 4) is 11.5 Å². The van der Waals surface area contributed by atoms with Crippen molar-refractivity contribution in [2.45, 2.75) is 13.0 Å². The standard InChI is InChI=1S/C25H20FNO3/c26-19-8-6-17(7-9-19)12-13-27-15-21-22(29-16-27)11-10-20-24(28)23(30-25(20)21)14-18-4-2-1-3-5-18/h1-11,14H,12-13,15-16H2/b23-14-. The summed E-state index contributed by atoms with van der Waals surface area (Å²) < 4.78 is 25.0. The van der Waals surface area contributed by atoms with E-state index >= 15 is 0 Å². The van der Waals surface area contributed by atoms with E-state index in [1.807, 2.05) is 36.4 Å². The average Bonchev–Trinajstić information content (AvgIpc) is 3.10. The fourth-order valence-corrected chi connectivity index (χ4v) is 3.79. The molecule has 2 aliphatic rings. The second-order valence-electron chi connectivity index (χ2n) is 7.47. The van der Waals surface area contributed by atoms with Gasteiger partial charge in [-0.1, -0.05) is 42.5 Å². The van der Waals surface area contributed by atoms with Gasteiger partial charge >= 0.3 is 0 Å². The molecule has 150 valence electrons. The molecular weight excluding hydrogens is 381 g/mol. The number of rotatable bonds is 4. The van der Waals surface area contributed by atoms with Crippen LogP contribution in [-0.2, 0) is 13.0 Å². The predicted molar refractivity (Wildman–Crippen MR) is 112 cm³/mol. The van der Waals surface area contributed by atoms with E-state index in [0.717, 1.165) is 35.4 Å². The molecule has 4 nitrogen and oxygen atoms in total. The Hall–Kier alpha value is -3.44. The van der Waals surface area contributed by atoms with Gasteiger partial charge in [-0.25, -0.2) is 4.39 Å². The fraction of sp³-hybridized carbons (Fsp3) is 0.160. The van der Waals surface area contributed by atoms with Gasteiger partial charge in [-0.2, -0.15) is 0 Å². The molecule has 3 aromatic rings. The first-order chi connectivity index (χ1) is 14.7. The Balaban J connectivity index is 1.35. The average molecular weight is 401 g/mol. The van der Waals surface area contributed by atoms with Crippen LogP contribution in [0.1, 0.15) is 27.0 Å².